The van der Waals surface area contributed by atoms with E-state index >= 15 is 0 Å². The Kier molecular flexibility index (Phi) is 2.89. The number of hydrogen-bond acceptors (Lipinski definition) is 2. The molecule has 3 saturated carbocycles. The zero-order valence-corrected chi connectivity index (χ0v) is 14.2. The molecule has 0 bridgehead atoms. The SMILES string of the molecule is CC12CCC3C4(C)C=CC(=O)CC4CCC3(C)C1CCC2=O. The van der Waals surface area contributed by atoms with Gasteiger partial charge in [0.15, 0.2) is 5.78 Å². The summed E-state index contributed by atoms with van der Waals surface area (Å²) in [7, 11) is 0. The van der Waals surface area contributed by atoms with Gasteiger partial charge in [-0.25, -0.2) is 0 Å². The number of ketones is 2. The second kappa shape index (κ2) is 4.33. The summed E-state index contributed by atoms with van der Waals surface area (Å²) in [5.41, 5.74) is 0.367. The molecule has 2 nitrogen and oxygen atoms in total. The van der Waals surface area contributed by atoms with Gasteiger partial charge in [0, 0.05) is 18.3 Å². The smallest absolute Gasteiger partial charge is 0.155 e. The van der Waals surface area contributed by atoms with E-state index in [9.17, 15) is 9.59 Å². The van der Waals surface area contributed by atoms with Crippen molar-refractivity contribution in [1.29, 1.82) is 0 Å². The summed E-state index contributed by atoms with van der Waals surface area (Å²) >= 11 is 0. The van der Waals surface area contributed by atoms with Crippen LogP contribution in [-0.2, 0) is 9.59 Å². The molecule has 0 aliphatic heterocycles. The number of Topliss-reactive ketones (excluding diaryl/α,β-unsaturated/α-hetero) is 1. The van der Waals surface area contributed by atoms with Crippen LogP contribution in [0.1, 0.15) is 65.7 Å². The van der Waals surface area contributed by atoms with E-state index in [-0.39, 0.29) is 16.2 Å². The van der Waals surface area contributed by atoms with Crippen molar-refractivity contribution >= 4 is 11.6 Å². The summed E-state index contributed by atoms with van der Waals surface area (Å²) in [5, 5.41) is 0. The normalized spacial score (nSPS) is 53.9. The molecule has 6 atom stereocenters. The first-order chi connectivity index (χ1) is 10.3. The Balaban J connectivity index is 1.77. The standard InChI is InChI=1S/C20H28O2/c1-18-10-7-14(21)12-13(18)6-9-19(2)15-4-5-17(22)20(15,3)11-8-16(18)19/h7,10,13,15-16H,4-6,8-9,11-12H2,1-3H3. The zero-order chi connectivity index (χ0) is 15.8. The fourth-order valence-electron chi connectivity index (χ4n) is 7.07. The Bertz CT molecular complexity index is 576. The van der Waals surface area contributed by atoms with Crippen molar-refractivity contribution in [2.75, 3.05) is 0 Å². The second-order valence-electron chi connectivity index (χ2n) is 9.13. The summed E-state index contributed by atoms with van der Waals surface area (Å²) in [6, 6.07) is 0. The molecular weight excluding hydrogens is 272 g/mol. The molecule has 0 saturated heterocycles. The molecule has 120 valence electrons. The van der Waals surface area contributed by atoms with Gasteiger partial charge in [0.2, 0.25) is 0 Å². The minimum atomic E-state index is -0.0668. The van der Waals surface area contributed by atoms with Crippen molar-refractivity contribution < 1.29 is 9.59 Å². The number of carbonyl (C=O) groups excluding carboxylic acids is 2. The van der Waals surface area contributed by atoms with Crippen molar-refractivity contribution in [2.45, 2.75) is 65.7 Å². The van der Waals surface area contributed by atoms with Crippen LogP contribution in [0.4, 0.5) is 0 Å². The summed E-state index contributed by atoms with van der Waals surface area (Å²) < 4.78 is 0. The van der Waals surface area contributed by atoms with E-state index in [1.807, 2.05) is 6.08 Å². The highest BCUT2D eigenvalue weighted by atomic mass is 16.1. The van der Waals surface area contributed by atoms with Crippen LogP contribution in [0.2, 0.25) is 0 Å². The van der Waals surface area contributed by atoms with E-state index in [1.54, 1.807) is 0 Å². The fraction of sp³-hybridized carbons (Fsp3) is 0.800. The average Bonchev–Trinajstić information content (AvgIpc) is 2.77. The van der Waals surface area contributed by atoms with Gasteiger partial charge in [-0.05, 0) is 66.8 Å². The van der Waals surface area contributed by atoms with Gasteiger partial charge in [-0.1, -0.05) is 26.8 Å². The maximum atomic E-state index is 12.5. The number of carbonyl (C=O) groups is 2. The Hall–Kier alpha value is -0.920. The maximum Gasteiger partial charge on any atom is 0.155 e. The van der Waals surface area contributed by atoms with Crippen LogP contribution in [0.15, 0.2) is 12.2 Å². The van der Waals surface area contributed by atoms with Crippen molar-refractivity contribution in [1.82, 2.24) is 0 Å². The molecule has 4 rings (SSSR count). The molecule has 0 spiro atoms. The molecule has 3 fully saturated rings. The van der Waals surface area contributed by atoms with E-state index in [0.29, 0.717) is 29.3 Å². The number of fused-ring (bicyclic) bond motifs is 5. The fourth-order valence-corrected chi connectivity index (χ4v) is 7.07. The minimum absolute atomic E-state index is 0.0668. The predicted octanol–water partition coefficient (Wildman–Crippen LogP) is 4.33. The van der Waals surface area contributed by atoms with Gasteiger partial charge in [-0.2, -0.15) is 0 Å². The molecule has 6 unspecified atom stereocenters. The molecule has 2 heteroatoms. The summed E-state index contributed by atoms with van der Waals surface area (Å²) in [5.74, 6) is 2.52. The van der Waals surface area contributed by atoms with E-state index in [1.165, 1.54) is 6.42 Å². The maximum absolute atomic E-state index is 12.5. The lowest BCUT2D eigenvalue weighted by atomic mass is 9.41. The molecular formula is C20H28O2. The van der Waals surface area contributed by atoms with Crippen molar-refractivity contribution in [3.63, 3.8) is 0 Å². The van der Waals surface area contributed by atoms with Gasteiger partial charge < -0.3 is 0 Å². The first-order valence-corrected chi connectivity index (χ1v) is 9.06. The molecule has 4 aliphatic rings. The molecule has 0 N–H and O–H groups in total. The zero-order valence-electron chi connectivity index (χ0n) is 14.2. The van der Waals surface area contributed by atoms with Crippen LogP contribution in [0.25, 0.3) is 0 Å². The Labute approximate surface area is 133 Å². The van der Waals surface area contributed by atoms with E-state index in [2.05, 4.69) is 26.8 Å². The highest BCUT2D eigenvalue weighted by Crippen LogP contribution is 2.69. The monoisotopic (exact) mass is 300 g/mol. The minimum Gasteiger partial charge on any atom is -0.299 e. The third-order valence-electron chi connectivity index (χ3n) is 8.35. The van der Waals surface area contributed by atoms with Gasteiger partial charge in [-0.15, -0.1) is 0 Å². The molecule has 0 aromatic rings. The van der Waals surface area contributed by atoms with Crippen molar-refractivity contribution in [3.05, 3.63) is 12.2 Å². The van der Waals surface area contributed by atoms with Crippen molar-refractivity contribution in [2.24, 2.45) is 34.0 Å². The van der Waals surface area contributed by atoms with Crippen LogP contribution in [0, 0.1) is 34.0 Å². The summed E-state index contributed by atoms with van der Waals surface area (Å²) in [6.45, 7) is 7.09. The summed E-state index contributed by atoms with van der Waals surface area (Å²) in [6.07, 6.45) is 11.3. The molecule has 22 heavy (non-hydrogen) atoms. The van der Waals surface area contributed by atoms with Gasteiger partial charge in [0.1, 0.15) is 5.78 Å². The third kappa shape index (κ3) is 1.62. The van der Waals surface area contributed by atoms with Crippen molar-refractivity contribution in [3.8, 4) is 0 Å². The van der Waals surface area contributed by atoms with Crippen LogP contribution >= 0.6 is 0 Å². The van der Waals surface area contributed by atoms with Gasteiger partial charge >= 0.3 is 0 Å². The first-order valence-electron chi connectivity index (χ1n) is 9.06. The van der Waals surface area contributed by atoms with E-state index in [0.717, 1.165) is 38.5 Å². The Morgan fingerprint density at radius 3 is 2.55 bits per heavy atom. The second-order valence-corrected chi connectivity index (χ2v) is 9.13. The number of hydrogen-bond donors (Lipinski definition) is 0. The van der Waals surface area contributed by atoms with E-state index < -0.39 is 0 Å². The average molecular weight is 300 g/mol. The van der Waals surface area contributed by atoms with Crippen LogP contribution in [0.5, 0.6) is 0 Å². The van der Waals surface area contributed by atoms with Crippen LogP contribution in [-0.4, -0.2) is 11.6 Å². The largest absolute Gasteiger partial charge is 0.299 e. The Morgan fingerprint density at radius 1 is 1.00 bits per heavy atom. The van der Waals surface area contributed by atoms with Crippen LogP contribution in [0.3, 0.4) is 0 Å². The van der Waals surface area contributed by atoms with Crippen LogP contribution < -0.4 is 0 Å². The number of allylic oxidation sites excluding steroid dienone is 2. The highest BCUT2D eigenvalue weighted by Gasteiger charge is 2.64. The molecule has 0 radical (unpaired) electrons. The van der Waals surface area contributed by atoms with E-state index in [4.69, 9.17) is 0 Å². The summed E-state index contributed by atoms with van der Waals surface area (Å²) in [4.78, 5) is 24.3. The lowest BCUT2D eigenvalue weighted by molar-refractivity contribution is -0.152. The molecule has 0 amide bonds. The molecule has 0 aromatic carbocycles. The predicted molar refractivity (Wildman–Crippen MR) is 86.3 cm³/mol. The van der Waals surface area contributed by atoms with Gasteiger partial charge in [-0.3, -0.25) is 9.59 Å². The lowest BCUT2D eigenvalue weighted by Gasteiger charge is -2.63. The van der Waals surface area contributed by atoms with Gasteiger partial charge in [0.25, 0.3) is 0 Å². The molecule has 0 heterocycles. The quantitative estimate of drug-likeness (QED) is 0.667. The number of rotatable bonds is 0. The van der Waals surface area contributed by atoms with Gasteiger partial charge in [0.05, 0.1) is 0 Å². The first kappa shape index (κ1) is 14.7. The topological polar surface area (TPSA) is 34.1 Å². The third-order valence-corrected chi connectivity index (χ3v) is 8.35. The molecule has 0 aromatic heterocycles. The Morgan fingerprint density at radius 2 is 1.77 bits per heavy atom. The molecule has 4 aliphatic carbocycles. The highest BCUT2D eigenvalue weighted by molar-refractivity contribution is 5.91. The lowest BCUT2D eigenvalue weighted by Crippen LogP contribution is -2.57.